The van der Waals surface area contributed by atoms with Crippen LogP contribution >= 0.6 is 0 Å². The minimum atomic E-state index is -2.13. The van der Waals surface area contributed by atoms with Gasteiger partial charge in [-0.2, -0.15) is 0 Å². The topological polar surface area (TPSA) is 647 Å². The Hall–Kier alpha value is -4.87. The first-order valence-electron chi connectivity index (χ1n) is 31.6. The number of aliphatic hydroxyl groups excluding tert-OH is 16. The van der Waals surface area contributed by atoms with Crippen LogP contribution in [0.3, 0.4) is 0 Å². The van der Waals surface area contributed by atoms with Gasteiger partial charge in [-0.1, -0.05) is 0 Å². The third kappa shape index (κ3) is 19.1. The van der Waals surface area contributed by atoms with E-state index in [1.165, 1.54) is 0 Å². The van der Waals surface area contributed by atoms with E-state index in [-0.39, 0.29) is 0 Å². The number of ether oxygens (including phenoxy) is 13. The van der Waals surface area contributed by atoms with Gasteiger partial charge in [0.1, 0.15) is 170 Å². The average molecular weight is 1440 g/mol. The highest BCUT2D eigenvalue weighted by atomic mass is 16.8. The first kappa shape index (κ1) is 81.4. The number of rotatable bonds is 26. The molecule has 0 bridgehead atoms. The van der Waals surface area contributed by atoms with Gasteiger partial charge >= 0.3 is 0 Å². The van der Waals surface area contributed by atoms with Crippen LogP contribution in [0.25, 0.3) is 0 Å². The van der Waals surface area contributed by atoms with E-state index >= 15 is 0 Å². The van der Waals surface area contributed by atoms with Crippen LogP contribution in [-0.4, -0.2) is 384 Å². The number of aliphatic hydroxyl groups is 16. The molecule has 0 aromatic rings. The SMILES string of the molecule is CC(=O)N[C@@H]1[C@@H](O)[C@H](O[C@H]2O[C@H](CO)[C@@H](O[C@H]3O[C@H](CO)[C@@H](O[C@H]4O[C@H](CO)[C@@H](O[C@H]5O[C@H](CO)[C@@H](O[C@H]6O[C@H](CO)[C@@H](O[C@H]7O[C@H](CO)[C@@H](O)[C@H](O)[C@H]7NC(C)=O)[C@H](O)[C@H]6NC(C)=O)[C@H](O)[C@H]5NC(C)=O)[C@H](O)[C@H]4NC(C)=O)[C@H](O)[C@H]3NC(C)=O)[C@H](O)[C@H]2NC(C)=O)[C@@H](CO)O[C@@H]1O. The van der Waals surface area contributed by atoms with Crippen molar-refractivity contribution in [1.82, 2.24) is 37.2 Å². The smallest absolute Gasteiger partial charge is 0.217 e. The zero-order valence-electron chi connectivity index (χ0n) is 54.5. The van der Waals surface area contributed by atoms with Crippen molar-refractivity contribution in [1.29, 1.82) is 0 Å². The summed E-state index contributed by atoms with van der Waals surface area (Å²) in [6, 6.07) is -12.1. The van der Waals surface area contributed by atoms with Gasteiger partial charge in [0.2, 0.25) is 41.4 Å². The van der Waals surface area contributed by atoms with Crippen LogP contribution in [0.4, 0.5) is 0 Å². The lowest BCUT2D eigenvalue weighted by Gasteiger charge is -2.52. The van der Waals surface area contributed by atoms with E-state index in [4.69, 9.17) is 61.6 Å². The van der Waals surface area contributed by atoms with Crippen molar-refractivity contribution in [2.75, 3.05) is 46.2 Å². The molecule has 23 N–H and O–H groups in total. The number of carbonyl (C=O) groups is 7. The largest absolute Gasteiger partial charge is 0.394 e. The van der Waals surface area contributed by atoms with Crippen molar-refractivity contribution in [3.8, 4) is 0 Å². The molecule has 43 heteroatoms. The average Bonchev–Trinajstić information content (AvgIpc) is 0.770. The van der Waals surface area contributed by atoms with Crippen LogP contribution in [0.5, 0.6) is 0 Å². The summed E-state index contributed by atoms with van der Waals surface area (Å²) in [5, 5.41) is 194. The Kier molecular flexibility index (Phi) is 29.6. The van der Waals surface area contributed by atoms with Crippen molar-refractivity contribution in [2.45, 2.75) is 263 Å². The van der Waals surface area contributed by atoms with E-state index in [9.17, 15) is 115 Å². The van der Waals surface area contributed by atoms with E-state index < -0.39 is 302 Å². The standard InChI is InChI=1S/C56H93N7O36/c1-15(71)57-29-38(80)44(23(9-65)87-50(29)86)94-52-31(59-17(3)73)40(82)46(25(11-67)89-52)96-54-33(61-19(5)75)42(84)48(27(13-69)91-54)98-56-35(63-21(7)77)43(85)49(28(14-70)93-56)99-55-34(62-20(6)76)41(83)47(26(12-68)92-55)97-53-32(60-18(4)74)39(81)45(24(10-66)90-53)95-51-30(58-16(2)72)37(79)36(78)22(8-64)88-51/h22-56,64-70,78-86H,8-14H2,1-7H3,(H,57,71)(H,58,72)(H,59,73)(H,60,74)(H,61,75)(H,62,76)(H,63,77)/t22-,23-,24-,25-,26-,27-,28-,29-,30-,31-,32-,33-,34-,35-,36-,37-,38-,39-,40-,41-,42-,43-,44-,45-,46-,47-,48-,49-,50+,51-,52-,53-,54-,55-,56-/m1/s1. The van der Waals surface area contributed by atoms with Crippen LogP contribution in [-0.2, 0) is 95.1 Å². The summed E-state index contributed by atoms with van der Waals surface area (Å²) in [6.45, 7) is 0.0849. The fourth-order valence-corrected chi connectivity index (χ4v) is 12.9. The van der Waals surface area contributed by atoms with Gasteiger partial charge in [-0.3, -0.25) is 33.6 Å². The third-order valence-electron chi connectivity index (χ3n) is 17.4. The molecule has 568 valence electrons. The minimum Gasteiger partial charge on any atom is -0.394 e. The van der Waals surface area contributed by atoms with Gasteiger partial charge in [-0.05, 0) is 0 Å². The fraction of sp³-hybridized carbons (Fsp3) is 0.875. The minimum absolute atomic E-state index is 0.718. The van der Waals surface area contributed by atoms with Gasteiger partial charge in [0.15, 0.2) is 44.0 Å². The normalized spacial score (nSPS) is 44.1. The lowest BCUT2D eigenvalue weighted by molar-refractivity contribution is -0.372. The van der Waals surface area contributed by atoms with Gasteiger partial charge < -0.3 is 181 Å². The molecule has 7 heterocycles. The Bertz CT molecular complexity index is 2690. The second-order valence-corrected chi connectivity index (χ2v) is 24.7. The predicted molar refractivity (Wildman–Crippen MR) is 313 cm³/mol. The third-order valence-corrected chi connectivity index (χ3v) is 17.4. The highest BCUT2D eigenvalue weighted by Gasteiger charge is 2.60. The first-order chi connectivity index (χ1) is 46.7. The lowest BCUT2D eigenvalue weighted by atomic mass is 9.92. The Balaban J connectivity index is 1.10. The van der Waals surface area contributed by atoms with Gasteiger partial charge in [-0.25, -0.2) is 0 Å². The van der Waals surface area contributed by atoms with Crippen LogP contribution in [0.15, 0.2) is 0 Å². The quantitative estimate of drug-likeness (QED) is 0.0382. The van der Waals surface area contributed by atoms with Gasteiger partial charge in [-0.15, -0.1) is 0 Å². The van der Waals surface area contributed by atoms with Crippen molar-refractivity contribution in [3.05, 3.63) is 0 Å². The Labute approximate surface area is 563 Å². The second-order valence-electron chi connectivity index (χ2n) is 24.7. The summed E-state index contributed by atoms with van der Waals surface area (Å²) in [5.74, 6) is -5.75. The molecule has 35 atom stereocenters. The fourth-order valence-electron chi connectivity index (χ4n) is 12.9. The number of nitrogens with one attached hydrogen (secondary N) is 7. The first-order valence-corrected chi connectivity index (χ1v) is 31.6. The maximum absolute atomic E-state index is 13.0. The Morgan fingerprint density at radius 2 is 0.404 bits per heavy atom. The highest BCUT2D eigenvalue weighted by molar-refractivity contribution is 5.75. The number of hydrogen-bond donors (Lipinski definition) is 23. The molecule has 7 saturated heterocycles. The summed E-state index contributed by atoms with van der Waals surface area (Å²) in [6.07, 6.45) is -52.0. The van der Waals surface area contributed by atoms with Gasteiger partial charge in [0.05, 0.1) is 46.2 Å². The van der Waals surface area contributed by atoms with Crippen molar-refractivity contribution >= 4 is 41.4 Å². The van der Waals surface area contributed by atoms with Crippen LogP contribution in [0, 0.1) is 0 Å². The molecule has 0 unspecified atom stereocenters. The molecule has 0 aromatic carbocycles. The molecule has 0 saturated carbocycles. The maximum Gasteiger partial charge on any atom is 0.217 e. The zero-order chi connectivity index (χ0) is 73.3. The molecule has 7 amide bonds. The summed E-state index contributed by atoms with van der Waals surface area (Å²) < 4.78 is 77.9. The summed E-state index contributed by atoms with van der Waals surface area (Å²) in [4.78, 5) is 88.3. The molecule has 0 radical (unpaired) electrons. The van der Waals surface area contributed by atoms with E-state index in [0.717, 1.165) is 48.5 Å². The molecule has 0 aromatic heterocycles. The van der Waals surface area contributed by atoms with Crippen molar-refractivity contribution in [3.63, 3.8) is 0 Å². The van der Waals surface area contributed by atoms with Crippen LogP contribution in [0.2, 0.25) is 0 Å². The van der Waals surface area contributed by atoms with Crippen LogP contribution < -0.4 is 37.2 Å². The summed E-state index contributed by atoms with van der Waals surface area (Å²) in [5.41, 5.74) is 0. The summed E-state index contributed by atoms with van der Waals surface area (Å²) >= 11 is 0. The number of amides is 7. The highest BCUT2D eigenvalue weighted by Crippen LogP contribution is 2.38. The molecule has 0 aliphatic carbocycles. The molecule has 0 spiro atoms. The van der Waals surface area contributed by atoms with Gasteiger partial charge in [0.25, 0.3) is 0 Å². The second kappa shape index (κ2) is 36.0. The zero-order valence-corrected chi connectivity index (χ0v) is 54.5. The monoisotopic (exact) mass is 1440 g/mol. The van der Waals surface area contributed by atoms with E-state index in [1.807, 2.05) is 0 Å². The molecular weight excluding hydrogens is 1350 g/mol. The molecule has 99 heavy (non-hydrogen) atoms. The van der Waals surface area contributed by atoms with Crippen molar-refractivity contribution < 1.29 is 177 Å². The molecule has 7 fully saturated rings. The van der Waals surface area contributed by atoms with E-state index in [1.54, 1.807) is 0 Å². The van der Waals surface area contributed by atoms with Crippen molar-refractivity contribution in [2.24, 2.45) is 0 Å². The number of hydrogen-bond acceptors (Lipinski definition) is 36. The summed E-state index contributed by atoms with van der Waals surface area (Å²) in [7, 11) is 0. The number of carbonyl (C=O) groups excluding carboxylic acids is 7. The Morgan fingerprint density at radius 3 is 0.596 bits per heavy atom. The molecule has 7 rings (SSSR count). The predicted octanol–water partition coefficient (Wildman–Crippen LogP) is -15.3. The lowest BCUT2D eigenvalue weighted by Crippen LogP contribution is -2.72. The van der Waals surface area contributed by atoms with E-state index in [0.29, 0.717) is 0 Å². The molecular formula is C56H93N7O36. The molecule has 7 aliphatic heterocycles. The molecule has 43 nitrogen and oxygen atoms in total. The van der Waals surface area contributed by atoms with Crippen LogP contribution in [0.1, 0.15) is 48.5 Å². The maximum atomic E-state index is 13.0. The van der Waals surface area contributed by atoms with Gasteiger partial charge in [0, 0.05) is 48.5 Å². The van der Waals surface area contributed by atoms with E-state index in [2.05, 4.69) is 37.2 Å². The Morgan fingerprint density at radius 1 is 0.242 bits per heavy atom. The molecule has 7 aliphatic rings.